The van der Waals surface area contributed by atoms with E-state index < -0.39 is 4.92 Å². The molecule has 8 heteroatoms. The van der Waals surface area contributed by atoms with Gasteiger partial charge < -0.3 is 9.88 Å². The molecule has 1 aromatic carbocycles. The summed E-state index contributed by atoms with van der Waals surface area (Å²) in [5.74, 6) is 0.0952. The van der Waals surface area contributed by atoms with Crippen molar-refractivity contribution >= 4 is 29.0 Å². The minimum atomic E-state index is -0.466. The lowest BCUT2D eigenvalue weighted by Gasteiger charge is -2.24. The zero-order valence-corrected chi connectivity index (χ0v) is 14.6. The summed E-state index contributed by atoms with van der Waals surface area (Å²) >= 11 is 1.41. The standard InChI is InChI=1S/C17H20N4O3S/c22-16(19-13-6-8-15(9-7-13)21(23)24)12-25-17-18-10-11-20(17)14-4-2-1-3-5-14/h6-11,14H,1-5,12H2,(H,19,22). The lowest BCUT2D eigenvalue weighted by molar-refractivity contribution is -0.384. The van der Waals surface area contributed by atoms with E-state index in [4.69, 9.17) is 0 Å². The van der Waals surface area contributed by atoms with E-state index in [1.54, 1.807) is 6.20 Å². The Hall–Kier alpha value is -2.35. The summed E-state index contributed by atoms with van der Waals surface area (Å²) < 4.78 is 2.18. The fourth-order valence-electron chi connectivity index (χ4n) is 3.04. The van der Waals surface area contributed by atoms with Gasteiger partial charge in [-0.2, -0.15) is 0 Å². The number of thioether (sulfide) groups is 1. The van der Waals surface area contributed by atoms with Gasteiger partial charge in [0, 0.05) is 36.3 Å². The Morgan fingerprint density at radius 2 is 2.00 bits per heavy atom. The summed E-state index contributed by atoms with van der Waals surface area (Å²) in [5.41, 5.74) is 0.550. The number of non-ortho nitro benzene ring substituents is 1. The number of carbonyl (C=O) groups is 1. The maximum absolute atomic E-state index is 12.1. The molecule has 7 nitrogen and oxygen atoms in total. The Morgan fingerprint density at radius 3 is 2.68 bits per heavy atom. The van der Waals surface area contributed by atoms with Crippen molar-refractivity contribution in [3.63, 3.8) is 0 Å². The van der Waals surface area contributed by atoms with Gasteiger partial charge in [0.2, 0.25) is 5.91 Å². The molecule has 1 fully saturated rings. The number of rotatable bonds is 6. The van der Waals surface area contributed by atoms with Gasteiger partial charge in [-0.3, -0.25) is 14.9 Å². The van der Waals surface area contributed by atoms with E-state index >= 15 is 0 Å². The number of nitro groups is 1. The third-order valence-electron chi connectivity index (χ3n) is 4.30. The van der Waals surface area contributed by atoms with Gasteiger partial charge in [0.05, 0.1) is 10.7 Å². The maximum atomic E-state index is 12.1. The van der Waals surface area contributed by atoms with Gasteiger partial charge in [-0.05, 0) is 25.0 Å². The second kappa shape index (κ2) is 8.15. The van der Waals surface area contributed by atoms with E-state index in [1.807, 2.05) is 6.20 Å². The molecule has 1 saturated carbocycles. The lowest BCUT2D eigenvalue weighted by Crippen LogP contribution is -2.16. The van der Waals surface area contributed by atoms with Crippen molar-refractivity contribution in [2.75, 3.05) is 11.1 Å². The fourth-order valence-corrected chi connectivity index (χ4v) is 3.87. The van der Waals surface area contributed by atoms with Crippen LogP contribution in [0.3, 0.4) is 0 Å². The first-order valence-electron chi connectivity index (χ1n) is 8.33. The fraction of sp³-hybridized carbons (Fsp3) is 0.412. The molecule has 0 aliphatic heterocycles. The number of anilines is 1. The van der Waals surface area contributed by atoms with Gasteiger partial charge in [-0.1, -0.05) is 31.0 Å². The van der Waals surface area contributed by atoms with Crippen LogP contribution in [0.4, 0.5) is 11.4 Å². The molecule has 132 valence electrons. The first kappa shape index (κ1) is 17.5. The molecule has 25 heavy (non-hydrogen) atoms. The van der Waals surface area contributed by atoms with Crippen molar-refractivity contribution in [3.8, 4) is 0 Å². The van der Waals surface area contributed by atoms with E-state index in [0.29, 0.717) is 11.7 Å². The zero-order chi connectivity index (χ0) is 17.6. The second-order valence-electron chi connectivity index (χ2n) is 6.05. The number of nitrogens with one attached hydrogen (secondary N) is 1. The summed E-state index contributed by atoms with van der Waals surface area (Å²) in [5, 5.41) is 14.3. The van der Waals surface area contributed by atoms with Crippen molar-refractivity contribution in [2.45, 2.75) is 43.3 Å². The molecule has 0 radical (unpaired) electrons. The third-order valence-corrected chi connectivity index (χ3v) is 5.28. The van der Waals surface area contributed by atoms with Gasteiger partial charge >= 0.3 is 0 Å². The van der Waals surface area contributed by atoms with Crippen molar-refractivity contribution in [3.05, 3.63) is 46.8 Å². The van der Waals surface area contributed by atoms with Crippen LogP contribution in [0.2, 0.25) is 0 Å². The number of hydrogen-bond donors (Lipinski definition) is 1. The van der Waals surface area contributed by atoms with Crippen molar-refractivity contribution < 1.29 is 9.72 Å². The van der Waals surface area contributed by atoms with Crippen LogP contribution in [0.25, 0.3) is 0 Å². The van der Waals surface area contributed by atoms with Crippen LogP contribution >= 0.6 is 11.8 Å². The molecule has 2 aromatic rings. The predicted molar refractivity (Wildman–Crippen MR) is 96.8 cm³/mol. The molecule has 3 rings (SSSR count). The van der Waals surface area contributed by atoms with E-state index in [9.17, 15) is 14.9 Å². The van der Waals surface area contributed by atoms with Gasteiger partial charge in [0.25, 0.3) is 5.69 Å². The van der Waals surface area contributed by atoms with E-state index in [1.165, 1.54) is 68.1 Å². The molecule has 1 N–H and O–H groups in total. The smallest absolute Gasteiger partial charge is 0.269 e. The Labute approximate surface area is 150 Å². The average molecular weight is 360 g/mol. The van der Waals surface area contributed by atoms with Gasteiger partial charge in [-0.15, -0.1) is 0 Å². The summed E-state index contributed by atoms with van der Waals surface area (Å²) in [6.45, 7) is 0. The summed E-state index contributed by atoms with van der Waals surface area (Å²) in [7, 11) is 0. The van der Waals surface area contributed by atoms with Crippen LogP contribution in [0.5, 0.6) is 0 Å². The number of nitro benzene ring substituents is 1. The molecule has 0 atom stereocenters. The molecule has 1 aliphatic carbocycles. The lowest BCUT2D eigenvalue weighted by atomic mass is 9.95. The van der Waals surface area contributed by atoms with Crippen LogP contribution in [0.15, 0.2) is 41.8 Å². The molecule has 0 bridgehead atoms. The number of imidazole rings is 1. The van der Waals surface area contributed by atoms with Crippen molar-refractivity contribution in [1.29, 1.82) is 0 Å². The molecule has 0 saturated heterocycles. The summed E-state index contributed by atoms with van der Waals surface area (Å²) in [6.07, 6.45) is 9.89. The molecule has 0 spiro atoms. The van der Waals surface area contributed by atoms with Crippen LogP contribution in [-0.4, -0.2) is 26.1 Å². The van der Waals surface area contributed by atoms with Gasteiger partial charge in [0.1, 0.15) is 0 Å². The molecule has 0 unspecified atom stereocenters. The van der Waals surface area contributed by atoms with E-state index in [0.717, 1.165) is 5.16 Å². The first-order valence-corrected chi connectivity index (χ1v) is 9.32. The Bertz CT molecular complexity index is 739. The normalized spacial score (nSPS) is 15.0. The minimum absolute atomic E-state index is 0.00174. The highest BCUT2D eigenvalue weighted by Gasteiger charge is 2.18. The maximum Gasteiger partial charge on any atom is 0.269 e. The zero-order valence-electron chi connectivity index (χ0n) is 13.8. The van der Waals surface area contributed by atoms with Crippen LogP contribution in [0.1, 0.15) is 38.1 Å². The van der Waals surface area contributed by atoms with Crippen LogP contribution < -0.4 is 5.32 Å². The summed E-state index contributed by atoms with van der Waals surface area (Å²) in [4.78, 5) is 26.7. The number of hydrogen-bond acceptors (Lipinski definition) is 5. The van der Waals surface area contributed by atoms with Crippen molar-refractivity contribution in [1.82, 2.24) is 9.55 Å². The third kappa shape index (κ3) is 4.60. The number of benzene rings is 1. The van der Waals surface area contributed by atoms with Crippen LogP contribution in [-0.2, 0) is 4.79 Å². The Kier molecular flexibility index (Phi) is 5.70. The van der Waals surface area contributed by atoms with Crippen LogP contribution in [0, 0.1) is 10.1 Å². The number of aromatic nitrogens is 2. The molecule has 1 aliphatic rings. The largest absolute Gasteiger partial charge is 0.325 e. The Balaban J connectivity index is 1.54. The highest BCUT2D eigenvalue weighted by atomic mass is 32.2. The van der Waals surface area contributed by atoms with E-state index in [-0.39, 0.29) is 17.3 Å². The topological polar surface area (TPSA) is 90.1 Å². The van der Waals surface area contributed by atoms with Crippen molar-refractivity contribution in [2.24, 2.45) is 0 Å². The molecular weight excluding hydrogens is 340 g/mol. The number of carbonyl (C=O) groups excluding carboxylic acids is 1. The predicted octanol–water partition coefficient (Wildman–Crippen LogP) is 4.03. The average Bonchev–Trinajstić information content (AvgIpc) is 3.10. The first-order chi connectivity index (χ1) is 12.1. The quantitative estimate of drug-likeness (QED) is 0.477. The minimum Gasteiger partial charge on any atom is -0.325 e. The molecule has 1 amide bonds. The van der Waals surface area contributed by atoms with Gasteiger partial charge in [0.15, 0.2) is 5.16 Å². The highest BCUT2D eigenvalue weighted by molar-refractivity contribution is 7.99. The number of amides is 1. The SMILES string of the molecule is O=C(CSc1nccn1C1CCCCC1)Nc1ccc([N+](=O)[O-])cc1. The summed E-state index contributed by atoms with van der Waals surface area (Å²) in [6, 6.07) is 6.29. The Morgan fingerprint density at radius 1 is 1.28 bits per heavy atom. The highest BCUT2D eigenvalue weighted by Crippen LogP contribution is 2.31. The molecule has 1 aromatic heterocycles. The van der Waals surface area contributed by atoms with E-state index in [2.05, 4.69) is 14.9 Å². The molecular formula is C17H20N4O3S. The van der Waals surface area contributed by atoms with Gasteiger partial charge in [-0.25, -0.2) is 4.98 Å². The molecule has 1 heterocycles. The number of nitrogens with zero attached hydrogens (tertiary/aromatic N) is 3. The monoisotopic (exact) mass is 360 g/mol. The second-order valence-corrected chi connectivity index (χ2v) is 6.99.